The van der Waals surface area contributed by atoms with Crippen LogP contribution in [0.3, 0.4) is 0 Å². The van der Waals surface area contributed by atoms with E-state index in [9.17, 15) is 0 Å². The SMILES string of the molecule is C.Nc1n[nH]c(S)n1. The van der Waals surface area contributed by atoms with Gasteiger partial charge in [-0.3, -0.25) is 5.10 Å². The van der Waals surface area contributed by atoms with Crippen LogP contribution in [0.5, 0.6) is 0 Å². The first-order chi connectivity index (χ1) is 3.29. The highest BCUT2D eigenvalue weighted by Crippen LogP contribution is 1.94. The second-order valence-corrected chi connectivity index (χ2v) is 1.44. The lowest BCUT2D eigenvalue weighted by molar-refractivity contribution is 0.980. The Morgan fingerprint density at radius 3 is 2.38 bits per heavy atom. The van der Waals surface area contributed by atoms with E-state index in [-0.39, 0.29) is 13.4 Å². The van der Waals surface area contributed by atoms with Crippen LogP contribution in [0, 0.1) is 0 Å². The molecule has 1 rings (SSSR count). The van der Waals surface area contributed by atoms with Gasteiger partial charge in [0.15, 0.2) is 5.16 Å². The van der Waals surface area contributed by atoms with E-state index >= 15 is 0 Å². The van der Waals surface area contributed by atoms with Crippen LogP contribution in [-0.2, 0) is 0 Å². The van der Waals surface area contributed by atoms with Gasteiger partial charge in [-0.15, -0.1) is 17.7 Å². The molecule has 3 N–H and O–H groups in total. The first-order valence-corrected chi connectivity index (χ1v) is 2.10. The standard InChI is InChI=1S/C2H4N4S.CH4/c3-1-4-2(7)6-5-1;/h(H4,3,4,5,6,7);1H4. The minimum atomic E-state index is 0. The van der Waals surface area contributed by atoms with Crippen molar-refractivity contribution in [2.75, 3.05) is 5.73 Å². The van der Waals surface area contributed by atoms with Crippen LogP contribution in [0.1, 0.15) is 7.43 Å². The molecule has 0 fully saturated rings. The van der Waals surface area contributed by atoms with Gasteiger partial charge in [-0.25, -0.2) is 0 Å². The summed E-state index contributed by atoms with van der Waals surface area (Å²) in [5.74, 6) is 0.227. The number of anilines is 1. The molecule has 0 aliphatic rings. The molecule has 0 amide bonds. The Hall–Kier alpha value is -0.710. The molecule has 1 aromatic rings. The average molecular weight is 132 g/mol. The molecule has 8 heavy (non-hydrogen) atoms. The van der Waals surface area contributed by atoms with Crippen molar-refractivity contribution in [2.45, 2.75) is 12.6 Å². The first kappa shape index (κ1) is 7.29. The summed E-state index contributed by atoms with van der Waals surface area (Å²) in [6, 6.07) is 0. The van der Waals surface area contributed by atoms with E-state index in [2.05, 4.69) is 27.8 Å². The van der Waals surface area contributed by atoms with Gasteiger partial charge < -0.3 is 5.73 Å². The zero-order chi connectivity index (χ0) is 5.28. The Labute approximate surface area is 52.9 Å². The van der Waals surface area contributed by atoms with Gasteiger partial charge in [0.25, 0.3) is 0 Å². The van der Waals surface area contributed by atoms with Gasteiger partial charge >= 0.3 is 0 Å². The Balaban J connectivity index is 0.000000490. The van der Waals surface area contributed by atoms with Crippen molar-refractivity contribution in [1.29, 1.82) is 0 Å². The molecule has 0 unspecified atom stereocenters. The topological polar surface area (TPSA) is 67.6 Å². The van der Waals surface area contributed by atoms with E-state index in [1.54, 1.807) is 0 Å². The molecule has 0 bridgehead atoms. The van der Waals surface area contributed by atoms with Crippen LogP contribution in [0.4, 0.5) is 5.95 Å². The number of nitrogens with two attached hydrogens (primary N) is 1. The van der Waals surface area contributed by atoms with Crippen LogP contribution >= 0.6 is 12.6 Å². The second kappa shape index (κ2) is 2.56. The molecular weight excluding hydrogens is 124 g/mol. The lowest BCUT2D eigenvalue weighted by Crippen LogP contribution is -1.84. The summed E-state index contributed by atoms with van der Waals surface area (Å²) >= 11 is 3.80. The number of aromatic nitrogens is 3. The predicted octanol–water partition coefficient (Wildman–Crippen LogP) is 0.312. The lowest BCUT2D eigenvalue weighted by Gasteiger charge is -1.67. The molecule has 5 heteroatoms. The smallest absolute Gasteiger partial charge is 0.240 e. The highest BCUT2D eigenvalue weighted by atomic mass is 32.1. The van der Waals surface area contributed by atoms with Gasteiger partial charge in [0.1, 0.15) is 0 Å². The summed E-state index contributed by atoms with van der Waals surface area (Å²) in [7, 11) is 0. The van der Waals surface area contributed by atoms with Crippen LogP contribution in [0.2, 0.25) is 0 Å². The van der Waals surface area contributed by atoms with E-state index < -0.39 is 0 Å². The monoisotopic (exact) mass is 132 g/mol. The first-order valence-electron chi connectivity index (χ1n) is 1.66. The Bertz CT molecular complexity index is 144. The Kier molecular flexibility index (Phi) is 2.33. The number of nitrogens with zero attached hydrogens (tertiary/aromatic N) is 2. The molecule has 0 aliphatic carbocycles. The molecule has 0 aromatic carbocycles. The minimum absolute atomic E-state index is 0. The van der Waals surface area contributed by atoms with Gasteiger partial charge in [-0.05, 0) is 0 Å². The number of H-pyrrole nitrogens is 1. The molecule has 1 aromatic heterocycles. The predicted molar refractivity (Wildman–Crippen MR) is 34.8 cm³/mol. The summed E-state index contributed by atoms with van der Waals surface area (Å²) in [4.78, 5) is 3.59. The fourth-order valence-electron chi connectivity index (χ4n) is 0.266. The third kappa shape index (κ3) is 1.42. The van der Waals surface area contributed by atoms with Crippen molar-refractivity contribution in [3.8, 4) is 0 Å². The molecule has 0 aliphatic heterocycles. The number of thiol groups is 1. The zero-order valence-corrected chi connectivity index (χ0v) is 4.31. The van der Waals surface area contributed by atoms with E-state index in [1.165, 1.54) is 0 Å². The summed E-state index contributed by atoms with van der Waals surface area (Å²) in [6.45, 7) is 0. The minimum Gasteiger partial charge on any atom is -0.366 e. The Morgan fingerprint density at radius 2 is 2.25 bits per heavy atom. The summed E-state index contributed by atoms with van der Waals surface area (Å²) in [5, 5.41) is 6.37. The lowest BCUT2D eigenvalue weighted by atomic mass is 11.1. The average Bonchev–Trinajstić information content (AvgIpc) is 1.87. The number of hydrogen-bond acceptors (Lipinski definition) is 4. The number of hydrogen-bond donors (Lipinski definition) is 3. The zero-order valence-electron chi connectivity index (χ0n) is 3.42. The molecule has 46 valence electrons. The second-order valence-electron chi connectivity index (χ2n) is 1.02. The van der Waals surface area contributed by atoms with Gasteiger partial charge in [0.05, 0.1) is 0 Å². The molecule has 0 spiro atoms. The maximum Gasteiger partial charge on any atom is 0.240 e. The van der Waals surface area contributed by atoms with Crippen LogP contribution in [-0.4, -0.2) is 15.2 Å². The van der Waals surface area contributed by atoms with Gasteiger partial charge in [-0.1, -0.05) is 7.43 Å². The fourth-order valence-corrected chi connectivity index (χ4v) is 0.418. The molecule has 0 atom stereocenters. The molecule has 0 saturated heterocycles. The highest BCUT2D eigenvalue weighted by Gasteiger charge is 1.87. The maximum atomic E-state index is 5.08. The normalized spacial score (nSPS) is 8.12. The third-order valence-corrected chi connectivity index (χ3v) is 0.691. The number of nitrogen functional groups attached to an aromatic ring is 1. The van der Waals surface area contributed by atoms with Crippen molar-refractivity contribution >= 4 is 18.6 Å². The third-order valence-electron chi connectivity index (χ3n) is 0.491. The fraction of sp³-hybridized carbons (Fsp3) is 0.333. The van der Waals surface area contributed by atoms with Crippen molar-refractivity contribution < 1.29 is 0 Å². The quantitative estimate of drug-likeness (QED) is 0.445. The largest absolute Gasteiger partial charge is 0.366 e. The molecule has 4 nitrogen and oxygen atoms in total. The number of nitrogens with one attached hydrogen (secondary N) is 1. The van der Waals surface area contributed by atoms with Crippen LogP contribution in [0.15, 0.2) is 5.16 Å². The summed E-state index contributed by atoms with van der Waals surface area (Å²) in [5.41, 5.74) is 5.08. The van der Waals surface area contributed by atoms with Crippen molar-refractivity contribution in [3.63, 3.8) is 0 Å². The van der Waals surface area contributed by atoms with Gasteiger partial charge in [0, 0.05) is 0 Å². The van der Waals surface area contributed by atoms with Crippen molar-refractivity contribution in [1.82, 2.24) is 15.2 Å². The molecule has 0 radical (unpaired) electrons. The van der Waals surface area contributed by atoms with Crippen LogP contribution < -0.4 is 5.73 Å². The van der Waals surface area contributed by atoms with Gasteiger partial charge in [0.2, 0.25) is 5.95 Å². The van der Waals surface area contributed by atoms with E-state index in [4.69, 9.17) is 5.73 Å². The molecular formula is C3H8N4S. The van der Waals surface area contributed by atoms with E-state index in [0.717, 1.165) is 0 Å². The van der Waals surface area contributed by atoms with Crippen molar-refractivity contribution in [3.05, 3.63) is 0 Å². The number of rotatable bonds is 0. The number of aromatic amines is 1. The maximum absolute atomic E-state index is 5.08. The van der Waals surface area contributed by atoms with Gasteiger partial charge in [-0.2, -0.15) is 4.98 Å². The van der Waals surface area contributed by atoms with E-state index in [0.29, 0.717) is 5.16 Å². The summed E-state index contributed by atoms with van der Waals surface area (Å²) in [6.07, 6.45) is 0. The van der Waals surface area contributed by atoms with Crippen LogP contribution in [0.25, 0.3) is 0 Å². The van der Waals surface area contributed by atoms with Crippen molar-refractivity contribution in [2.24, 2.45) is 0 Å². The highest BCUT2D eigenvalue weighted by molar-refractivity contribution is 7.80. The van der Waals surface area contributed by atoms with E-state index in [1.807, 2.05) is 0 Å². The molecule has 0 saturated carbocycles. The summed E-state index contributed by atoms with van der Waals surface area (Å²) < 4.78 is 0. The molecule has 1 heterocycles. The Morgan fingerprint density at radius 1 is 1.62 bits per heavy atom.